The molecule has 6 nitrogen and oxygen atoms in total. The Morgan fingerprint density at radius 3 is 2.52 bits per heavy atom. The highest BCUT2D eigenvalue weighted by Crippen LogP contribution is 2.26. The predicted octanol–water partition coefficient (Wildman–Crippen LogP) is 4.15. The van der Waals surface area contributed by atoms with Crippen molar-refractivity contribution in [3.8, 4) is 5.75 Å². The fourth-order valence-corrected chi connectivity index (χ4v) is 2.27. The first-order valence-corrected chi connectivity index (χ1v) is 8.14. The van der Waals surface area contributed by atoms with E-state index in [9.17, 15) is 13.6 Å². The summed E-state index contributed by atoms with van der Waals surface area (Å²) in [6.07, 6.45) is 2.60. The molecule has 0 aliphatic carbocycles. The maximum absolute atomic E-state index is 13.6. The highest BCUT2D eigenvalue weighted by atomic mass is 19.1. The van der Waals surface area contributed by atoms with Gasteiger partial charge in [0, 0.05) is 18.5 Å². The molecule has 138 valence electrons. The van der Waals surface area contributed by atoms with E-state index in [1.54, 1.807) is 0 Å². The van der Waals surface area contributed by atoms with E-state index in [0.29, 0.717) is 24.1 Å². The zero-order valence-electron chi connectivity index (χ0n) is 14.4. The molecule has 0 aliphatic heterocycles. The van der Waals surface area contributed by atoms with Gasteiger partial charge in [0.2, 0.25) is 5.95 Å². The van der Waals surface area contributed by atoms with E-state index in [1.165, 1.54) is 12.4 Å². The summed E-state index contributed by atoms with van der Waals surface area (Å²) in [6, 6.07) is 10.2. The number of nitrogens with one attached hydrogen (secondary N) is 2. The van der Waals surface area contributed by atoms with Crippen LogP contribution in [0.4, 0.5) is 26.1 Å². The van der Waals surface area contributed by atoms with Gasteiger partial charge >= 0.3 is 0 Å². The van der Waals surface area contributed by atoms with Crippen molar-refractivity contribution >= 4 is 23.2 Å². The van der Waals surface area contributed by atoms with Crippen LogP contribution in [0.1, 0.15) is 17.3 Å². The quantitative estimate of drug-likeness (QED) is 0.682. The third-order valence-electron chi connectivity index (χ3n) is 3.53. The number of anilines is 3. The number of hydrogen-bond donors (Lipinski definition) is 2. The third-order valence-corrected chi connectivity index (χ3v) is 3.53. The number of rotatable bonds is 6. The Hall–Kier alpha value is -3.55. The maximum Gasteiger partial charge on any atom is 0.258 e. The van der Waals surface area contributed by atoms with Gasteiger partial charge in [-0.25, -0.2) is 18.7 Å². The first-order valence-electron chi connectivity index (χ1n) is 8.14. The minimum Gasteiger partial charge on any atom is -0.492 e. The molecule has 0 fully saturated rings. The molecule has 27 heavy (non-hydrogen) atoms. The Morgan fingerprint density at radius 2 is 1.81 bits per heavy atom. The Bertz CT molecular complexity index is 949. The fourth-order valence-electron chi connectivity index (χ4n) is 2.27. The summed E-state index contributed by atoms with van der Waals surface area (Å²) >= 11 is 0. The zero-order chi connectivity index (χ0) is 19.2. The van der Waals surface area contributed by atoms with Gasteiger partial charge in [0.25, 0.3) is 5.91 Å². The number of aromatic nitrogens is 2. The number of carbonyl (C=O) groups is 1. The van der Waals surface area contributed by atoms with Crippen LogP contribution < -0.4 is 15.4 Å². The van der Waals surface area contributed by atoms with Crippen molar-refractivity contribution in [2.45, 2.75) is 6.92 Å². The number of benzene rings is 2. The highest BCUT2D eigenvalue weighted by molar-refractivity contribution is 6.03. The fraction of sp³-hybridized carbons (Fsp3) is 0.105. The number of halogens is 2. The van der Waals surface area contributed by atoms with Crippen molar-refractivity contribution in [2.24, 2.45) is 0 Å². The van der Waals surface area contributed by atoms with E-state index in [-0.39, 0.29) is 17.2 Å². The average molecular weight is 370 g/mol. The average Bonchev–Trinajstić information content (AvgIpc) is 2.66. The van der Waals surface area contributed by atoms with Gasteiger partial charge in [0.1, 0.15) is 17.4 Å². The maximum atomic E-state index is 13.6. The first-order chi connectivity index (χ1) is 13.1. The SMILES string of the molecule is CCOc1ccccc1Nc1ncc(C(=O)Nc2ccc(F)cc2F)cn1. The van der Waals surface area contributed by atoms with Gasteiger partial charge in [0.15, 0.2) is 0 Å². The number of nitrogens with zero attached hydrogens (tertiary/aromatic N) is 2. The van der Waals surface area contributed by atoms with Crippen LogP contribution in [0.2, 0.25) is 0 Å². The Kier molecular flexibility index (Phi) is 5.55. The van der Waals surface area contributed by atoms with Gasteiger partial charge in [-0.15, -0.1) is 0 Å². The molecule has 0 atom stereocenters. The molecule has 1 aromatic heterocycles. The van der Waals surface area contributed by atoms with Crippen molar-refractivity contribution in [3.63, 3.8) is 0 Å². The van der Waals surface area contributed by atoms with Crippen molar-refractivity contribution in [1.82, 2.24) is 9.97 Å². The Balaban J connectivity index is 1.71. The summed E-state index contributed by atoms with van der Waals surface area (Å²) in [5.74, 6) is -1.28. The lowest BCUT2D eigenvalue weighted by Crippen LogP contribution is -2.14. The molecule has 0 unspecified atom stereocenters. The van der Waals surface area contributed by atoms with Gasteiger partial charge in [-0.2, -0.15) is 0 Å². The lowest BCUT2D eigenvalue weighted by atomic mass is 10.2. The van der Waals surface area contributed by atoms with Crippen LogP contribution in [0.3, 0.4) is 0 Å². The molecule has 0 spiro atoms. The minimum atomic E-state index is -0.866. The molecule has 0 saturated carbocycles. The monoisotopic (exact) mass is 370 g/mol. The van der Waals surface area contributed by atoms with E-state index in [1.807, 2.05) is 31.2 Å². The molecule has 2 N–H and O–H groups in total. The second-order valence-electron chi connectivity index (χ2n) is 5.43. The van der Waals surface area contributed by atoms with Crippen LogP contribution in [0, 0.1) is 11.6 Å². The Morgan fingerprint density at radius 1 is 1.07 bits per heavy atom. The van der Waals surface area contributed by atoms with Crippen molar-refractivity contribution in [3.05, 3.63) is 72.1 Å². The highest BCUT2D eigenvalue weighted by Gasteiger charge is 2.12. The minimum absolute atomic E-state index is 0.127. The van der Waals surface area contributed by atoms with Crippen molar-refractivity contribution < 1.29 is 18.3 Å². The van der Waals surface area contributed by atoms with E-state index >= 15 is 0 Å². The van der Waals surface area contributed by atoms with Crippen LogP contribution in [0.5, 0.6) is 5.75 Å². The number of carbonyl (C=O) groups excluding carboxylic acids is 1. The molecule has 0 saturated heterocycles. The molecule has 0 bridgehead atoms. The lowest BCUT2D eigenvalue weighted by molar-refractivity contribution is 0.102. The van der Waals surface area contributed by atoms with Crippen molar-refractivity contribution in [2.75, 3.05) is 17.2 Å². The first kappa shape index (κ1) is 18.2. The molecule has 8 heteroatoms. The Labute approximate surface area is 154 Å². The summed E-state index contributed by atoms with van der Waals surface area (Å²) in [7, 11) is 0. The number of amides is 1. The van der Waals surface area contributed by atoms with Crippen LogP contribution in [0.15, 0.2) is 54.9 Å². The number of hydrogen-bond acceptors (Lipinski definition) is 5. The topological polar surface area (TPSA) is 76.1 Å². The van der Waals surface area contributed by atoms with Crippen molar-refractivity contribution in [1.29, 1.82) is 0 Å². The molecular formula is C19H16F2N4O2. The number of para-hydroxylation sites is 2. The molecule has 3 rings (SSSR count). The molecule has 0 radical (unpaired) electrons. The second kappa shape index (κ2) is 8.22. The van der Waals surface area contributed by atoms with Gasteiger partial charge in [-0.1, -0.05) is 12.1 Å². The third kappa shape index (κ3) is 4.55. The van der Waals surface area contributed by atoms with Crippen LogP contribution in [0.25, 0.3) is 0 Å². The zero-order valence-corrected chi connectivity index (χ0v) is 14.4. The van der Waals surface area contributed by atoms with E-state index in [0.717, 1.165) is 12.1 Å². The van der Waals surface area contributed by atoms with E-state index < -0.39 is 17.5 Å². The number of ether oxygens (including phenoxy) is 1. The molecule has 0 aliphatic rings. The van der Waals surface area contributed by atoms with E-state index in [4.69, 9.17) is 4.74 Å². The summed E-state index contributed by atoms with van der Waals surface area (Å²) in [4.78, 5) is 20.3. The summed E-state index contributed by atoms with van der Waals surface area (Å²) in [5.41, 5.74) is 0.682. The smallest absolute Gasteiger partial charge is 0.258 e. The molecule has 1 heterocycles. The van der Waals surface area contributed by atoms with Crippen LogP contribution in [-0.4, -0.2) is 22.5 Å². The van der Waals surface area contributed by atoms with Crippen LogP contribution in [-0.2, 0) is 0 Å². The summed E-state index contributed by atoms with van der Waals surface area (Å²) in [5, 5.41) is 5.36. The lowest BCUT2D eigenvalue weighted by Gasteiger charge is -2.11. The second-order valence-corrected chi connectivity index (χ2v) is 5.43. The summed E-state index contributed by atoms with van der Waals surface area (Å²) in [6.45, 7) is 2.39. The van der Waals surface area contributed by atoms with Gasteiger partial charge in [-0.05, 0) is 31.2 Å². The normalized spacial score (nSPS) is 10.3. The van der Waals surface area contributed by atoms with Gasteiger partial charge < -0.3 is 15.4 Å². The van der Waals surface area contributed by atoms with Gasteiger partial charge in [-0.3, -0.25) is 4.79 Å². The molecule has 2 aromatic carbocycles. The largest absolute Gasteiger partial charge is 0.492 e. The van der Waals surface area contributed by atoms with E-state index in [2.05, 4.69) is 20.6 Å². The van der Waals surface area contributed by atoms with Crippen LogP contribution >= 0.6 is 0 Å². The molecular weight excluding hydrogens is 354 g/mol. The standard InChI is InChI=1S/C19H16F2N4O2/c1-2-27-17-6-4-3-5-16(17)25-19-22-10-12(11-23-19)18(26)24-15-8-7-13(20)9-14(15)21/h3-11H,2H2,1H3,(H,24,26)(H,22,23,25). The predicted molar refractivity (Wildman–Crippen MR) is 97.2 cm³/mol. The molecule has 1 amide bonds. The van der Waals surface area contributed by atoms with Gasteiger partial charge in [0.05, 0.1) is 23.5 Å². The molecule has 3 aromatic rings. The summed E-state index contributed by atoms with van der Waals surface area (Å²) < 4.78 is 32.1.